The largest absolute Gasteiger partial charge is 0.772 e. The molecule has 4 fully saturated rings. The van der Waals surface area contributed by atoms with Crippen molar-refractivity contribution in [3.63, 3.8) is 0 Å². The third-order valence-corrected chi connectivity index (χ3v) is 10.5. The van der Waals surface area contributed by atoms with Crippen molar-refractivity contribution in [2.75, 3.05) is 18.8 Å². The summed E-state index contributed by atoms with van der Waals surface area (Å²) in [5.74, 6) is -2.36. The van der Waals surface area contributed by atoms with Gasteiger partial charge in [-0.3, -0.25) is 34.0 Å². The smallest absolute Gasteiger partial charge is 0.289 e. The normalized spacial score (nSPS) is 25.7. The first-order valence-electron chi connectivity index (χ1n) is 15.8. The lowest BCUT2D eigenvalue weighted by molar-refractivity contribution is -0.149. The van der Waals surface area contributed by atoms with Gasteiger partial charge in [0.15, 0.2) is 6.35 Å². The summed E-state index contributed by atoms with van der Waals surface area (Å²) in [6.45, 7) is 1.84. The Bertz CT molecular complexity index is 1010. The molecule has 0 aromatic rings. The van der Waals surface area contributed by atoms with Crippen LogP contribution in [0.3, 0.4) is 0 Å². The molecule has 0 bridgehead atoms. The Hall–Kier alpha value is -1.93. The van der Waals surface area contributed by atoms with Crippen molar-refractivity contribution in [3.8, 4) is 0 Å². The zero-order valence-electron chi connectivity index (χ0n) is 24.8. The molecule has 238 valence electrons. The standard InChI is InChI=1S/C29H49N5O7S/c1-2-29(20-10-5-3-6-11-20,33-27(39)32-28(19-42(40)41)15-7-4-8-16-28)26(38)34-17-9-12-22(34)24(36)30-18-23(35)25(37)31-21-13-14-21/h20-22,27,32-33,39H,2-19H2,1H3,(H,30,36)(H,31,37)(H,40,41)/p-1/t22-,27?,29-/m0/s1. The van der Waals surface area contributed by atoms with Crippen LogP contribution in [0.15, 0.2) is 0 Å². The molecule has 0 radical (unpaired) electrons. The molecule has 1 aliphatic heterocycles. The van der Waals surface area contributed by atoms with Gasteiger partial charge in [0, 0.05) is 23.9 Å². The van der Waals surface area contributed by atoms with Crippen LogP contribution in [0.25, 0.3) is 0 Å². The maximum absolute atomic E-state index is 14.5. The van der Waals surface area contributed by atoms with Gasteiger partial charge in [-0.1, -0.05) is 56.5 Å². The number of aliphatic hydroxyl groups excluding tert-OH is 1. The number of nitrogens with zero attached hydrogens (tertiary/aromatic N) is 1. The lowest BCUT2D eigenvalue weighted by Gasteiger charge is -2.47. The Morgan fingerprint density at radius 1 is 1.00 bits per heavy atom. The van der Waals surface area contributed by atoms with E-state index in [2.05, 4.69) is 21.3 Å². The van der Waals surface area contributed by atoms with Crippen LogP contribution in [0.1, 0.15) is 103 Å². The number of likely N-dealkylation sites (tertiary alicyclic amines) is 1. The van der Waals surface area contributed by atoms with Crippen LogP contribution in [-0.2, 0) is 30.3 Å². The van der Waals surface area contributed by atoms with Crippen LogP contribution < -0.4 is 21.3 Å². The highest BCUT2D eigenvalue weighted by molar-refractivity contribution is 7.79. The first-order valence-corrected chi connectivity index (χ1v) is 17.1. The molecule has 0 aromatic heterocycles. The zero-order valence-corrected chi connectivity index (χ0v) is 25.6. The summed E-state index contributed by atoms with van der Waals surface area (Å²) >= 11 is -2.30. The molecule has 13 heteroatoms. The first-order chi connectivity index (χ1) is 20.1. The van der Waals surface area contributed by atoms with Gasteiger partial charge in [0.05, 0.1) is 6.54 Å². The highest BCUT2D eigenvalue weighted by atomic mass is 32.2. The van der Waals surface area contributed by atoms with E-state index in [1.807, 2.05) is 6.92 Å². The summed E-state index contributed by atoms with van der Waals surface area (Å²) in [5.41, 5.74) is -1.94. The number of amides is 3. The lowest BCUT2D eigenvalue weighted by Crippen LogP contribution is -2.70. The minimum absolute atomic E-state index is 0.0369. The number of carbonyl (C=O) groups excluding carboxylic acids is 4. The topological polar surface area (TPSA) is 180 Å². The molecule has 3 saturated carbocycles. The van der Waals surface area contributed by atoms with Crippen molar-refractivity contribution in [2.45, 2.75) is 133 Å². The van der Waals surface area contributed by atoms with Crippen molar-refractivity contribution in [2.24, 2.45) is 5.92 Å². The number of hydrogen-bond donors (Lipinski definition) is 5. The van der Waals surface area contributed by atoms with Gasteiger partial charge in [-0.2, -0.15) is 0 Å². The van der Waals surface area contributed by atoms with E-state index in [9.17, 15) is 33.0 Å². The van der Waals surface area contributed by atoms with Crippen LogP contribution in [-0.4, -0.2) is 90.6 Å². The molecule has 4 rings (SSSR count). The van der Waals surface area contributed by atoms with Crippen molar-refractivity contribution in [1.29, 1.82) is 0 Å². The van der Waals surface area contributed by atoms with Crippen molar-refractivity contribution < 1.29 is 33.0 Å². The predicted molar refractivity (Wildman–Crippen MR) is 155 cm³/mol. The Balaban J connectivity index is 1.49. The van der Waals surface area contributed by atoms with Crippen LogP contribution >= 0.6 is 0 Å². The molecule has 12 nitrogen and oxygen atoms in total. The van der Waals surface area contributed by atoms with Crippen LogP contribution in [0, 0.1) is 5.92 Å². The number of hydrogen-bond acceptors (Lipinski definition) is 9. The zero-order chi connectivity index (χ0) is 30.3. The first kappa shape index (κ1) is 33.0. The van der Waals surface area contributed by atoms with Gasteiger partial charge in [-0.05, 0) is 63.7 Å². The fourth-order valence-electron chi connectivity index (χ4n) is 7.24. The average Bonchev–Trinajstić information content (AvgIpc) is 3.65. The Kier molecular flexibility index (Phi) is 11.5. The van der Waals surface area contributed by atoms with Crippen molar-refractivity contribution in [1.82, 2.24) is 26.2 Å². The van der Waals surface area contributed by atoms with Gasteiger partial charge in [0.1, 0.15) is 11.6 Å². The fourth-order valence-corrected chi connectivity index (χ4v) is 8.07. The second-order valence-electron chi connectivity index (χ2n) is 12.7. The summed E-state index contributed by atoms with van der Waals surface area (Å²) in [6.07, 6.45) is 10.3. The highest BCUT2D eigenvalue weighted by Gasteiger charge is 2.51. The van der Waals surface area contributed by atoms with E-state index < -0.39 is 58.7 Å². The van der Waals surface area contributed by atoms with E-state index in [0.29, 0.717) is 38.6 Å². The molecule has 4 atom stereocenters. The highest BCUT2D eigenvalue weighted by Crippen LogP contribution is 2.38. The minimum Gasteiger partial charge on any atom is -0.772 e. The summed E-state index contributed by atoms with van der Waals surface area (Å²) in [4.78, 5) is 53.5. The molecule has 1 saturated heterocycles. The van der Waals surface area contributed by atoms with Crippen molar-refractivity contribution >= 4 is 34.6 Å². The van der Waals surface area contributed by atoms with Crippen LogP contribution in [0.5, 0.6) is 0 Å². The van der Waals surface area contributed by atoms with E-state index >= 15 is 0 Å². The maximum Gasteiger partial charge on any atom is 0.289 e. The molecule has 2 unspecified atom stereocenters. The third kappa shape index (κ3) is 8.16. The number of rotatable bonds is 14. The van der Waals surface area contributed by atoms with Gasteiger partial charge >= 0.3 is 0 Å². The van der Waals surface area contributed by atoms with Gasteiger partial charge in [-0.15, -0.1) is 0 Å². The number of Topliss-reactive ketones (excluding diaryl/α,β-unsaturated/α-hetero) is 1. The molecule has 4 aliphatic rings. The average molecular weight is 611 g/mol. The van der Waals surface area contributed by atoms with E-state index in [1.165, 1.54) is 0 Å². The number of aliphatic hydroxyl groups is 1. The Morgan fingerprint density at radius 2 is 1.67 bits per heavy atom. The van der Waals surface area contributed by atoms with Crippen LogP contribution in [0.2, 0.25) is 0 Å². The van der Waals surface area contributed by atoms with Gasteiger partial charge in [-0.25, -0.2) is 0 Å². The third-order valence-electron chi connectivity index (χ3n) is 9.69. The number of ketones is 1. The monoisotopic (exact) mass is 610 g/mol. The Morgan fingerprint density at radius 3 is 2.29 bits per heavy atom. The molecular weight excluding hydrogens is 562 g/mol. The van der Waals surface area contributed by atoms with Gasteiger partial charge in [0.2, 0.25) is 17.6 Å². The quantitative estimate of drug-likeness (QED) is 0.108. The van der Waals surface area contributed by atoms with E-state index in [1.54, 1.807) is 4.90 Å². The van der Waals surface area contributed by atoms with Crippen LogP contribution in [0.4, 0.5) is 0 Å². The van der Waals surface area contributed by atoms with Gasteiger partial charge in [0.25, 0.3) is 5.91 Å². The second kappa shape index (κ2) is 14.7. The number of nitrogens with one attached hydrogen (secondary N) is 4. The number of carbonyl (C=O) groups is 4. The molecule has 0 spiro atoms. The predicted octanol–water partition coefficient (Wildman–Crippen LogP) is 0.708. The maximum atomic E-state index is 14.5. The van der Waals surface area contributed by atoms with Gasteiger partial charge < -0.3 is 25.2 Å². The molecule has 3 amide bonds. The van der Waals surface area contributed by atoms with E-state index in [4.69, 9.17) is 0 Å². The Labute approximate surface area is 251 Å². The molecular formula is C29H48N5O7S-. The summed E-state index contributed by atoms with van der Waals surface area (Å²) in [5, 5.41) is 22.9. The molecule has 5 N–H and O–H groups in total. The molecule has 3 aliphatic carbocycles. The summed E-state index contributed by atoms with van der Waals surface area (Å²) in [6, 6.07) is -0.749. The summed E-state index contributed by atoms with van der Waals surface area (Å²) < 4.78 is 23.4. The molecule has 0 aromatic carbocycles. The lowest BCUT2D eigenvalue weighted by atomic mass is 9.72. The second-order valence-corrected chi connectivity index (χ2v) is 13.6. The van der Waals surface area contributed by atoms with E-state index in [0.717, 1.165) is 64.2 Å². The van der Waals surface area contributed by atoms with Crippen molar-refractivity contribution in [3.05, 3.63) is 0 Å². The fraction of sp³-hybridized carbons (Fsp3) is 0.862. The molecule has 42 heavy (non-hydrogen) atoms. The molecule has 1 heterocycles. The SMILES string of the molecule is CC[C@@](NC(O)NC1(CS(=O)[O-])CCCCC1)(C(=O)N1CCC[C@H]1C(=O)NCC(=O)C(=O)NC1CC1)C1CCCCC1. The minimum atomic E-state index is -2.30. The summed E-state index contributed by atoms with van der Waals surface area (Å²) in [7, 11) is 0. The van der Waals surface area contributed by atoms with E-state index in [-0.39, 0.29) is 23.6 Å².